The molecule has 0 saturated heterocycles. The Morgan fingerprint density at radius 1 is 1.20 bits per heavy atom. The Balaban J connectivity index is 1.86. The van der Waals surface area contributed by atoms with Gasteiger partial charge in [-0.2, -0.15) is 0 Å². The van der Waals surface area contributed by atoms with Gasteiger partial charge in [-0.3, -0.25) is 9.78 Å². The number of pyridine rings is 1. The smallest absolute Gasteiger partial charge is 0.261 e. The first kappa shape index (κ1) is 14.5. The van der Waals surface area contributed by atoms with Crippen molar-refractivity contribution < 1.29 is 18.3 Å². The van der Waals surface area contributed by atoms with Gasteiger partial charge in [-0.25, -0.2) is 8.78 Å². The minimum Gasteiger partial charge on any atom is -0.375 e. The van der Waals surface area contributed by atoms with E-state index in [1.54, 1.807) is 6.07 Å². The summed E-state index contributed by atoms with van der Waals surface area (Å²) in [6, 6.07) is 11.4. The molecule has 0 bridgehead atoms. The van der Waals surface area contributed by atoms with E-state index in [2.05, 4.69) is 9.72 Å². The number of benzene rings is 1. The van der Waals surface area contributed by atoms with Gasteiger partial charge in [-0.15, -0.1) is 0 Å². The maximum atomic E-state index is 11.8. The highest BCUT2D eigenvalue weighted by atomic mass is 19.3. The summed E-state index contributed by atoms with van der Waals surface area (Å²) in [6.45, 7) is -0.599. The minimum absolute atomic E-state index is 0.0246. The average molecular weight is 279 g/mol. The average Bonchev–Trinajstić information content (AvgIpc) is 2.43. The lowest BCUT2D eigenvalue weighted by atomic mass is 10.1. The van der Waals surface area contributed by atoms with Crippen molar-refractivity contribution in [3.8, 4) is 0 Å². The van der Waals surface area contributed by atoms with Crippen molar-refractivity contribution in [3.05, 3.63) is 42.1 Å². The van der Waals surface area contributed by atoms with E-state index in [1.165, 1.54) is 0 Å². The molecule has 2 aromatic rings. The molecule has 0 amide bonds. The molecule has 0 radical (unpaired) electrons. The van der Waals surface area contributed by atoms with Gasteiger partial charge in [0.2, 0.25) is 0 Å². The number of nitrogens with zero attached hydrogens (tertiary/aromatic N) is 1. The van der Waals surface area contributed by atoms with E-state index in [0.29, 0.717) is 5.69 Å². The van der Waals surface area contributed by atoms with Gasteiger partial charge in [-0.1, -0.05) is 24.3 Å². The molecule has 1 heterocycles. The topological polar surface area (TPSA) is 39.2 Å². The van der Waals surface area contributed by atoms with E-state index >= 15 is 0 Å². The number of hydrogen-bond donors (Lipinski definition) is 0. The predicted molar refractivity (Wildman–Crippen MR) is 71.9 cm³/mol. The van der Waals surface area contributed by atoms with Crippen molar-refractivity contribution in [1.82, 2.24) is 4.98 Å². The molecule has 20 heavy (non-hydrogen) atoms. The summed E-state index contributed by atoms with van der Waals surface area (Å²) in [7, 11) is 0. The Hall–Kier alpha value is -1.88. The number of ether oxygens (including phenoxy) is 1. The van der Waals surface area contributed by atoms with Crippen LogP contribution in [-0.4, -0.2) is 30.4 Å². The van der Waals surface area contributed by atoms with Crippen LogP contribution in [0.2, 0.25) is 0 Å². The van der Waals surface area contributed by atoms with Crippen LogP contribution in [0.25, 0.3) is 10.9 Å². The third-order valence-electron chi connectivity index (χ3n) is 2.80. The maximum absolute atomic E-state index is 11.8. The molecule has 0 aliphatic rings. The molecule has 2 rings (SSSR count). The monoisotopic (exact) mass is 279 g/mol. The van der Waals surface area contributed by atoms with Gasteiger partial charge >= 0.3 is 0 Å². The van der Waals surface area contributed by atoms with Crippen LogP contribution in [0.5, 0.6) is 0 Å². The SMILES string of the molecule is O=C(CCOCC(F)F)Cc1ccc2ccccc2n1. The van der Waals surface area contributed by atoms with E-state index in [0.717, 1.165) is 10.9 Å². The number of carbonyl (C=O) groups is 1. The number of hydrogen-bond acceptors (Lipinski definition) is 3. The van der Waals surface area contributed by atoms with Crippen LogP contribution in [0.4, 0.5) is 8.78 Å². The second-order valence-corrected chi connectivity index (χ2v) is 4.43. The van der Waals surface area contributed by atoms with E-state index < -0.39 is 13.0 Å². The Kier molecular flexibility index (Phi) is 5.12. The van der Waals surface area contributed by atoms with Crippen molar-refractivity contribution in [1.29, 1.82) is 0 Å². The lowest BCUT2D eigenvalue weighted by molar-refractivity contribution is -0.119. The summed E-state index contributed by atoms with van der Waals surface area (Å²) < 4.78 is 28.4. The zero-order chi connectivity index (χ0) is 14.4. The van der Waals surface area contributed by atoms with Crippen molar-refractivity contribution in [2.75, 3.05) is 13.2 Å². The van der Waals surface area contributed by atoms with Crippen LogP contribution in [0.3, 0.4) is 0 Å². The highest BCUT2D eigenvalue weighted by molar-refractivity contribution is 5.82. The molecule has 5 heteroatoms. The van der Waals surface area contributed by atoms with E-state index in [4.69, 9.17) is 0 Å². The van der Waals surface area contributed by atoms with Crippen LogP contribution >= 0.6 is 0 Å². The largest absolute Gasteiger partial charge is 0.375 e. The van der Waals surface area contributed by atoms with E-state index in [9.17, 15) is 13.6 Å². The minimum atomic E-state index is -2.49. The fourth-order valence-electron chi connectivity index (χ4n) is 1.86. The summed E-state index contributed by atoms with van der Waals surface area (Å²) in [5.74, 6) is -0.0675. The van der Waals surface area contributed by atoms with Gasteiger partial charge in [0.15, 0.2) is 0 Å². The van der Waals surface area contributed by atoms with Crippen LogP contribution in [0, 0.1) is 0 Å². The molecule has 0 atom stereocenters. The van der Waals surface area contributed by atoms with Gasteiger partial charge in [0.05, 0.1) is 12.1 Å². The summed E-state index contributed by atoms with van der Waals surface area (Å²) in [5, 5.41) is 1.02. The molecule has 0 aliphatic carbocycles. The van der Waals surface area contributed by atoms with E-state index in [-0.39, 0.29) is 25.2 Å². The van der Waals surface area contributed by atoms with Gasteiger partial charge in [-0.05, 0) is 12.1 Å². The van der Waals surface area contributed by atoms with Crippen molar-refractivity contribution >= 4 is 16.7 Å². The lowest BCUT2D eigenvalue weighted by Gasteiger charge is -2.04. The summed E-state index contributed by atoms with van der Waals surface area (Å²) in [6.07, 6.45) is -2.17. The number of alkyl halides is 2. The number of para-hydroxylation sites is 1. The molecule has 0 aliphatic heterocycles. The number of ketones is 1. The molecular formula is C15H15F2NO2. The highest BCUT2D eigenvalue weighted by Crippen LogP contribution is 2.12. The van der Waals surface area contributed by atoms with Gasteiger partial charge < -0.3 is 4.74 Å². The van der Waals surface area contributed by atoms with Crippen molar-refractivity contribution in [2.24, 2.45) is 0 Å². The molecule has 0 saturated carbocycles. The Labute approximate surface area is 115 Å². The quantitative estimate of drug-likeness (QED) is 0.731. The third-order valence-corrected chi connectivity index (χ3v) is 2.80. The van der Waals surface area contributed by atoms with Crippen LogP contribution in [0.15, 0.2) is 36.4 Å². The fourth-order valence-corrected chi connectivity index (χ4v) is 1.86. The fraction of sp³-hybridized carbons (Fsp3) is 0.333. The predicted octanol–water partition coefficient (Wildman–Crippen LogP) is 3.02. The molecule has 0 fully saturated rings. The molecule has 1 aromatic heterocycles. The van der Waals surface area contributed by atoms with Gasteiger partial charge in [0.1, 0.15) is 12.4 Å². The van der Waals surface area contributed by atoms with Crippen molar-refractivity contribution in [3.63, 3.8) is 0 Å². The van der Waals surface area contributed by atoms with Crippen molar-refractivity contribution in [2.45, 2.75) is 19.3 Å². The van der Waals surface area contributed by atoms with Crippen LogP contribution in [0.1, 0.15) is 12.1 Å². The normalized spacial score (nSPS) is 11.2. The lowest BCUT2D eigenvalue weighted by Crippen LogP contribution is -2.11. The number of aromatic nitrogens is 1. The zero-order valence-electron chi connectivity index (χ0n) is 10.9. The summed E-state index contributed by atoms with van der Waals surface area (Å²) in [4.78, 5) is 16.1. The first-order valence-corrected chi connectivity index (χ1v) is 6.37. The second kappa shape index (κ2) is 7.05. The Bertz CT molecular complexity index is 587. The molecule has 0 N–H and O–H groups in total. The summed E-state index contributed by atoms with van der Waals surface area (Å²) in [5.41, 5.74) is 1.52. The molecule has 0 unspecified atom stereocenters. The molecule has 0 spiro atoms. The molecule has 3 nitrogen and oxygen atoms in total. The standard InChI is InChI=1S/C15H15F2NO2/c16-15(17)10-20-8-7-13(19)9-12-6-5-11-3-1-2-4-14(11)18-12/h1-6,15H,7-10H2. The van der Waals surface area contributed by atoms with Gasteiger partial charge in [0, 0.05) is 23.9 Å². The first-order valence-electron chi connectivity index (χ1n) is 6.37. The highest BCUT2D eigenvalue weighted by Gasteiger charge is 2.07. The second-order valence-electron chi connectivity index (χ2n) is 4.43. The first-order chi connectivity index (χ1) is 9.65. The number of carbonyl (C=O) groups excluding carboxylic acids is 1. The summed E-state index contributed by atoms with van der Waals surface area (Å²) >= 11 is 0. The van der Waals surface area contributed by atoms with Crippen LogP contribution in [-0.2, 0) is 16.0 Å². The number of rotatable bonds is 7. The zero-order valence-corrected chi connectivity index (χ0v) is 10.9. The number of halogens is 2. The number of fused-ring (bicyclic) bond motifs is 1. The Morgan fingerprint density at radius 3 is 2.80 bits per heavy atom. The van der Waals surface area contributed by atoms with Gasteiger partial charge in [0.25, 0.3) is 6.43 Å². The number of Topliss-reactive ketones (excluding diaryl/α,β-unsaturated/α-hetero) is 1. The maximum Gasteiger partial charge on any atom is 0.261 e. The Morgan fingerprint density at radius 2 is 2.00 bits per heavy atom. The van der Waals surface area contributed by atoms with E-state index in [1.807, 2.05) is 30.3 Å². The van der Waals surface area contributed by atoms with Crippen LogP contribution < -0.4 is 0 Å². The molecule has 1 aromatic carbocycles. The third kappa shape index (κ3) is 4.35. The molecule has 106 valence electrons. The molecular weight excluding hydrogens is 264 g/mol.